The number of hydrogen-bond donors (Lipinski definition) is 0. The second-order valence-electron chi connectivity index (χ2n) is 5.49. The van der Waals surface area contributed by atoms with Crippen LogP contribution in [0.25, 0.3) is 0 Å². The molecule has 0 aliphatic heterocycles. The number of carbonyl (C=O) groups is 1. The Morgan fingerprint density at radius 2 is 2.41 bits per heavy atom. The van der Waals surface area contributed by atoms with Gasteiger partial charge in [0.2, 0.25) is 0 Å². The third-order valence-electron chi connectivity index (χ3n) is 4.39. The lowest BCUT2D eigenvalue weighted by Crippen LogP contribution is -2.33. The molecule has 3 unspecified atom stereocenters. The van der Waals surface area contributed by atoms with Crippen molar-refractivity contribution >= 4 is 17.2 Å². The van der Waals surface area contributed by atoms with Gasteiger partial charge in [-0.1, -0.05) is 6.42 Å². The quantitative estimate of drug-likeness (QED) is 0.826. The third kappa shape index (κ3) is 2.10. The number of aromatic nitrogens is 1. The van der Waals surface area contributed by atoms with E-state index < -0.39 is 0 Å². The van der Waals surface area contributed by atoms with Gasteiger partial charge in [0.05, 0.1) is 5.51 Å². The Balaban J connectivity index is 1.60. The van der Waals surface area contributed by atoms with Crippen molar-refractivity contribution in [2.45, 2.75) is 25.7 Å². The zero-order valence-corrected chi connectivity index (χ0v) is 10.9. The minimum Gasteiger partial charge on any atom is -0.340 e. The van der Waals surface area contributed by atoms with Gasteiger partial charge in [-0.2, -0.15) is 0 Å². The average molecular weight is 250 g/mol. The van der Waals surface area contributed by atoms with Crippen LogP contribution < -0.4 is 0 Å². The van der Waals surface area contributed by atoms with Gasteiger partial charge in [-0.25, -0.2) is 4.98 Å². The number of carbonyl (C=O) groups excluding carboxylic acids is 1. The minimum absolute atomic E-state index is 0.0778. The zero-order chi connectivity index (χ0) is 11.8. The van der Waals surface area contributed by atoms with Gasteiger partial charge in [0.25, 0.3) is 5.91 Å². The summed E-state index contributed by atoms with van der Waals surface area (Å²) in [4.78, 5) is 18.0. The molecule has 2 aliphatic rings. The Bertz CT molecular complexity index is 404. The molecule has 0 radical (unpaired) electrons. The van der Waals surface area contributed by atoms with Crippen molar-refractivity contribution in [1.82, 2.24) is 9.88 Å². The molecule has 2 aliphatic carbocycles. The van der Waals surface area contributed by atoms with Crippen molar-refractivity contribution in [2.24, 2.45) is 17.8 Å². The summed E-state index contributed by atoms with van der Waals surface area (Å²) in [7, 11) is 1.91. The molecule has 1 aromatic heterocycles. The van der Waals surface area contributed by atoms with E-state index in [-0.39, 0.29) is 5.91 Å². The summed E-state index contributed by atoms with van der Waals surface area (Å²) >= 11 is 1.48. The summed E-state index contributed by atoms with van der Waals surface area (Å²) in [6.07, 6.45) is 5.54. The van der Waals surface area contributed by atoms with E-state index in [1.165, 1.54) is 37.0 Å². The predicted molar refractivity (Wildman–Crippen MR) is 68.0 cm³/mol. The van der Waals surface area contributed by atoms with Crippen LogP contribution in [0, 0.1) is 17.8 Å². The Kier molecular flexibility index (Phi) is 2.90. The number of rotatable bonds is 3. The first kappa shape index (κ1) is 11.2. The number of fused-ring (bicyclic) bond motifs is 2. The maximum atomic E-state index is 12.1. The fourth-order valence-corrected chi connectivity index (χ4v) is 4.07. The standard InChI is InChI=1S/C13H18N2OS/c1-15(13(16)12-7-17-8-14-12)6-11-5-9-2-3-10(11)4-9/h7-11H,2-6H2,1H3. The number of nitrogens with zero attached hydrogens (tertiary/aromatic N) is 2. The smallest absolute Gasteiger partial charge is 0.273 e. The van der Waals surface area contributed by atoms with Gasteiger partial charge < -0.3 is 4.90 Å². The number of amides is 1. The van der Waals surface area contributed by atoms with E-state index in [4.69, 9.17) is 0 Å². The van der Waals surface area contributed by atoms with Crippen molar-refractivity contribution in [2.75, 3.05) is 13.6 Å². The lowest BCUT2D eigenvalue weighted by molar-refractivity contribution is 0.0749. The zero-order valence-electron chi connectivity index (χ0n) is 10.1. The lowest BCUT2D eigenvalue weighted by Gasteiger charge is -2.26. The van der Waals surface area contributed by atoms with Crippen LogP contribution in [0.5, 0.6) is 0 Å². The number of hydrogen-bond acceptors (Lipinski definition) is 3. The topological polar surface area (TPSA) is 33.2 Å². The first-order chi connectivity index (χ1) is 8.24. The molecule has 1 amide bonds. The molecule has 17 heavy (non-hydrogen) atoms. The highest BCUT2D eigenvalue weighted by Gasteiger charge is 2.40. The summed E-state index contributed by atoms with van der Waals surface area (Å²) in [5.74, 6) is 2.65. The molecule has 0 N–H and O–H groups in total. The molecule has 3 atom stereocenters. The highest BCUT2D eigenvalue weighted by molar-refractivity contribution is 7.07. The normalized spacial score (nSPS) is 30.8. The van der Waals surface area contributed by atoms with Crippen LogP contribution in [0.1, 0.15) is 36.2 Å². The van der Waals surface area contributed by atoms with E-state index in [1.54, 1.807) is 5.51 Å². The van der Waals surface area contributed by atoms with Gasteiger partial charge in [-0.05, 0) is 37.0 Å². The van der Waals surface area contributed by atoms with E-state index >= 15 is 0 Å². The summed E-state index contributed by atoms with van der Waals surface area (Å²) in [6, 6.07) is 0. The Morgan fingerprint density at radius 3 is 3.00 bits per heavy atom. The molecular formula is C13H18N2OS. The molecule has 1 heterocycles. The van der Waals surface area contributed by atoms with Gasteiger partial charge in [0.15, 0.2) is 0 Å². The minimum atomic E-state index is 0.0778. The van der Waals surface area contributed by atoms with E-state index in [1.807, 2.05) is 17.3 Å². The highest BCUT2D eigenvalue weighted by atomic mass is 32.1. The van der Waals surface area contributed by atoms with Crippen molar-refractivity contribution in [3.8, 4) is 0 Å². The fourth-order valence-electron chi connectivity index (χ4n) is 3.55. The van der Waals surface area contributed by atoms with Crippen molar-refractivity contribution < 1.29 is 4.79 Å². The van der Waals surface area contributed by atoms with Crippen LogP contribution in [-0.4, -0.2) is 29.4 Å². The van der Waals surface area contributed by atoms with Crippen LogP contribution in [0.15, 0.2) is 10.9 Å². The van der Waals surface area contributed by atoms with Gasteiger partial charge in [-0.3, -0.25) is 4.79 Å². The molecule has 3 rings (SSSR count). The average Bonchev–Trinajstić information content (AvgIpc) is 3.04. The molecule has 1 aromatic rings. The maximum absolute atomic E-state index is 12.1. The van der Waals surface area contributed by atoms with Crippen molar-refractivity contribution in [3.05, 3.63) is 16.6 Å². The fraction of sp³-hybridized carbons (Fsp3) is 0.692. The van der Waals surface area contributed by atoms with Crippen LogP contribution >= 0.6 is 11.3 Å². The Morgan fingerprint density at radius 1 is 1.53 bits per heavy atom. The van der Waals surface area contributed by atoms with Crippen LogP contribution in [0.4, 0.5) is 0 Å². The van der Waals surface area contributed by atoms with E-state index in [0.717, 1.165) is 24.3 Å². The Hall–Kier alpha value is -0.900. The summed E-state index contributed by atoms with van der Waals surface area (Å²) in [6.45, 7) is 0.914. The van der Waals surface area contributed by atoms with Gasteiger partial charge in [-0.15, -0.1) is 11.3 Å². The Labute approximate surface area is 106 Å². The van der Waals surface area contributed by atoms with E-state index in [9.17, 15) is 4.79 Å². The van der Waals surface area contributed by atoms with Gasteiger partial charge in [0, 0.05) is 19.0 Å². The number of thiazole rings is 1. The van der Waals surface area contributed by atoms with E-state index in [0.29, 0.717) is 5.69 Å². The third-order valence-corrected chi connectivity index (χ3v) is 4.98. The molecule has 0 spiro atoms. The van der Waals surface area contributed by atoms with Crippen molar-refractivity contribution in [3.63, 3.8) is 0 Å². The van der Waals surface area contributed by atoms with Gasteiger partial charge in [0.1, 0.15) is 5.69 Å². The molecule has 2 saturated carbocycles. The maximum Gasteiger partial charge on any atom is 0.273 e. The molecule has 2 bridgehead atoms. The van der Waals surface area contributed by atoms with Crippen LogP contribution in [0.3, 0.4) is 0 Å². The highest BCUT2D eigenvalue weighted by Crippen LogP contribution is 2.48. The molecule has 0 saturated heterocycles. The monoisotopic (exact) mass is 250 g/mol. The lowest BCUT2D eigenvalue weighted by atomic mass is 9.88. The first-order valence-electron chi connectivity index (χ1n) is 6.37. The van der Waals surface area contributed by atoms with Gasteiger partial charge >= 0.3 is 0 Å². The summed E-state index contributed by atoms with van der Waals surface area (Å²) in [5, 5.41) is 1.83. The largest absolute Gasteiger partial charge is 0.340 e. The summed E-state index contributed by atoms with van der Waals surface area (Å²) < 4.78 is 0. The van der Waals surface area contributed by atoms with Crippen molar-refractivity contribution in [1.29, 1.82) is 0 Å². The molecule has 3 nitrogen and oxygen atoms in total. The first-order valence-corrected chi connectivity index (χ1v) is 7.32. The molecule has 92 valence electrons. The molecule has 2 fully saturated rings. The van der Waals surface area contributed by atoms with Crippen LogP contribution in [0.2, 0.25) is 0 Å². The molecule has 4 heteroatoms. The van der Waals surface area contributed by atoms with E-state index in [2.05, 4.69) is 4.98 Å². The second kappa shape index (κ2) is 4.41. The van der Waals surface area contributed by atoms with Crippen LogP contribution in [-0.2, 0) is 0 Å². The second-order valence-corrected chi connectivity index (χ2v) is 6.21. The molecular weight excluding hydrogens is 232 g/mol. The predicted octanol–water partition coefficient (Wildman–Crippen LogP) is 2.65. The molecule has 0 aromatic carbocycles. The summed E-state index contributed by atoms with van der Waals surface area (Å²) in [5.41, 5.74) is 2.32. The SMILES string of the molecule is CN(CC1CC2CCC1C2)C(=O)c1cscn1.